The zero-order valence-electron chi connectivity index (χ0n) is 48.4. The summed E-state index contributed by atoms with van der Waals surface area (Å²) >= 11 is 0. The number of benzene rings is 9. The highest BCUT2D eigenvalue weighted by Gasteiger charge is 2.57. The molecule has 4 unspecified atom stereocenters. The van der Waals surface area contributed by atoms with E-state index < -0.39 is 70.8 Å². The molecule has 0 aliphatic carbocycles. The van der Waals surface area contributed by atoms with Crippen LogP contribution in [0.15, 0.2) is 182 Å². The number of fused-ring (bicyclic) bond motifs is 2. The van der Waals surface area contributed by atoms with E-state index in [-0.39, 0.29) is 142 Å². The molecule has 11 aromatic rings. The first-order valence-corrected chi connectivity index (χ1v) is 29.1. The van der Waals surface area contributed by atoms with E-state index in [9.17, 15) is 9.59 Å². The van der Waals surface area contributed by atoms with Crippen LogP contribution in [0.4, 0.5) is 13.2 Å². The molecule has 4 atom stereocenters. The van der Waals surface area contributed by atoms with Crippen LogP contribution in [0.5, 0.6) is 69.3 Å². The van der Waals surface area contributed by atoms with Gasteiger partial charge in [0.25, 0.3) is 23.6 Å². The number of carbonyl (C=O) groups excluding carboxylic acids is 6. The van der Waals surface area contributed by atoms with Crippen molar-refractivity contribution in [1.82, 2.24) is 19.8 Å². The minimum Gasteiger partial charge on any atom is -0.491 e. The van der Waals surface area contributed by atoms with Gasteiger partial charge in [-0.3, -0.25) is 29.0 Å². The summed E-state index contributed by atoms with van der Waals surface area (Å²) in [5, 5.41) is 0.0703. The molecule has 20 nitrogen and oxygen atoms in total. The van der Waals surface area contributed by atoms with Crippen LogP contribution in [0.2, 0.25) is 0 Å². The standard InChI is InChI=1S/C70H45F3N4O16/c1-36(68(82)92-53-26-41(22-24-74-53)84-32-43-34-86-43)76-64(78)45-28-49(88-37-14-6-2-7-15-37)57-59-51(90-39-18-10-4-11-19-39)30-47-56-48(67(81)77(66(47)80)63(70(71,72)73)69(83)93-54-27-42(23-25-75-54)85-33-44-35-87-44)31-52(91-40-20-12-5-13-21-40)60(62(56)59)58-50(89-38-16-8-3-9-17-38)29-46(65(76)79)55(45)61(57)58/h2-31,36,43-44,63H,32-35H2,1H3. The van der Waals surface area contributed by atoms with Gasteiger partial charge in [-0.25, -0.2) is 19.6 Å². The Hall–Kier alpha value is -11.7. The molecule has 0 spiro atoms. The summed E-state index contributed by atoms with van der Waals surface area (Å²) in [6.07, 6.45) is -3.47. The number of carbonyl (C=O) groups is 6. The largest absolute Gasteiger partial charge is 0.491 e. The molecule has 0 saturated carbocycles. The molecule has 2 aromatic heterocycles. The van der Waals surface area contributed by atoms with Gasteiger partial charge >= 0.3 is 18.1 Å². The number of alkyl halides is 3. The number of ether oxygens (including phenoxy) is 10. The van der Waals surface area contributed by atoms with E-state index in [0.29, 0.717) is 19.0 Å². The number of amides is 4. The zero-order chi connectivity index (χ0) is 63.8. The van der Waals surface area contributed by atoms with Crippen molar-refractivity contribution in [3.05, 3.63) is 205 Å². The number of hydrogen-bond donors (Lipinski definition) is 0. The topological polar surface area (TPSA) is 234 Å². The predicted octanol–water partition coefficient (Wildman–Crippen LogP) is 13.0. The fraction of sp³-hybridized carbons (Fsp3) is 0.143. The SMILES string of the molecule is CC(C(=O)Oc1cc(OCC2CO2)ccn1)N1C(=O)c2cc(Oc3ccccc3)c3c4c(Oc5ccccc5)cc5c6c(cc(Oc7ccccc7)c(c7c(Oc8ccccc8)cc(c2c37)C1=O)c64)C(=O)N(C(C(=O)Oc1cc(OCC2CO2)ccn1)C(F)(F)F)C5=O. The Balaban J connectivity index is 0.994. The first-order chi connectivity index (χ1) is 45.1. The lowest BCUT2D eigenvalue weighted by atomic mass is 9.80. The Labute approximate surface area is 523 Å². The molecule has 93 heavy (non-hydrogen) atoms. The number of epoxide rings is 2. The maximum atomic E-state index is 16.0. The maximum Gasteiger partial charge on any atom is 0.420 e. The number of para-hydroxylation sites is 4. The van der Waals surface area contributed by atoms with E-state index >= 15 is 32.3 Å². The van der Waals surface area contributed by atoms with Gasteiger partial charge in [-0.05, 0) is 91.9 Å². The summed E-state index contributed by atoms with van der Waals surface area (Å²) in [6, 6.07) is 38.3. The van der Waals surface area contributed by atoms with Crippen LogP contribution in [-0.2, 0) is 19.1 Å². The van der Waals surface area contributed by atoms with Crippen molar-refractivity contribution in [2.24, 2.45) is 0 Å². The van der Waals surface area contributed by atoms with Gasteiger partial charge in [-0.15, -0.1) is 0 Å². The fourth-order valence-corrected chi connectivity index (χ4v) is 11.5. The van der Waals surface area contributed by atoms with Crippen molar-refractivity contribution in [3.8, 4) is 69.3 Å². The van der Waals surface area contributed by atoms with Gasteiger partial charge in [0.05, 0.1) is 35.5 Å². The van der Waals surface area contributed by atoms with Crippen LogP contribution in [-0.4, -0.2) is 112 Å². The minimum absolute atomic E-state index is 0.0162. The number of esters is 2. The molecule has 4 aliphatic heterocycles. The van der Waals surface area contributed by atoms with Gasteiger partial charge in [-0.1, -0.05) is 72.8 Å². The Bertz CT molecular complexity index is 4670. The van der Waals surface area contributed by atoms with Crippen molar-refractivity contribution in [1.29, 1.82) is 0 Å². The van der Waals surface area contributed by atoms with E-state index in [1.165, 1.54) is 37.4 Å². The fourth-order valence-electron chi connectivity index (χ4n) is 11.5. The van der Waals surface area contributed by atoms with E-state index in [0.717, 1.165) is 29.3 Å². The number of rotatable bonds is 20. The lowest BCUT2D eigenvalue weighted by Crippen LogP contribution is -2.58. The zero-order valence-corrected chi connectivity index (χ0v) is 48.4. The average molecular weight is 1260 g/mol. The quantitative estimate of drug-likeness (QED) is 0.0227. The van der Waals surface area contributed by atoms with Crippen molar-refractivity contribution < 1.29 is 89.3 Å². The Morgan fingerprint density at radius 3 is 1.10 bits per heavy atom. The van der Waals surface area contributed by atoms with Gasteiger partial charge < -0.3 is 47.4 Å². The number of imide groups is 2. The third-order valence-electron chi connectivity index (χ3n) is 15.9. The van der Waals surface area contributed by atoms with E-state index in [2.05, 4.69) is 9.97 Å². The van der Waals surface area contributed by atoms with Gasteiger partial charge in [0.15, 0.2) is 0 Å². The highest BCUT2D eigenvalue weighted by molar-refractivity contribution is 6.45. The van der Waals surface area contributed by atoms with Gasteiger partial charge in [0.2, 0.25) is 17.8 Å². The normalized spacial score (nSPS) is 16.3. The second kappa shape index (κ2) is 23.0. The molecule has 2 fully saturated rings. The minimum atomic E-state index is -5.68. The lowest BCUT2D eigenvalue weighted by molar-refractivity contribution is -0.188. The van der Waals surface area contributed by atoms with Crippen LogP contribution in [0.25, 0.3) is 43.1 Å². The molecule has 0 N–H and O–H groups in total. The Kier molecular flexibility index (Phi) is 14.3. The van der Waals surface area contributed by atoms with Crippen LogP contribution in [0.1, 0.15) is 48.4 Å². The second-order valence-corrected chi connectivity index (χ2v) is 22.0. The number of halogens is 3. The Morgan fingerprint density at radius 2 is 0.774 bits per heavy atom. The maximum absolute atomic E-state index is 16.0. The van der Waals surface area contributed by atoms with Crippen molar-refractivity contribution in [2.45, 2.75) is 37.4 Å². The molecule has 9 aromatic carbocycles. The van der Waals surface area contributed by atoms with E-state index in [1.807, 2.05) is 0 Å². The van der Waals surface area contributed by atoms with Crippen molar-refractivity contribution in [3.63, 3.8) is 0 Å². The molecule has 4 amide bonds. The number of hydrogen-bond acceptors (Lipinski definition) is 18. The molecule has 2 saturated heterocycles. The second-order valence-electron chi connectivity index (χ2n) is 22.0. The van der Waals surface area contributed by atoms with Gasteiger partial charge in [-0.2, -0.15) is 13.2 Å². The molecule has 4 aliphatic rings. The smallest absolute Gasteiger partial charge is 0.420 e. The summed E-state index contributed by atoms with van der Waals surface area (Å²) in [5.41, 5.74) is -1.41. The summed E-state index contributed by atoms with van der Waals surface area (Å²) in [7, 11) is 0. The van der Waals surface area contributed by atoms with Crippen LogP contribution in [0, 0.1) is 0 Å². The number of pyridine rings is 2. The lowest BCUT2D eigenvalue weighted by Gasteiger charge is -2.35. The first-order valence-electron chi connectivity index (χ1n) is 29.1. The van der Waals surface area contributed by atoms with Gasteiger partial charge in [0, 0.05) is 67.6 Å². The Morgan fingerprint density at radius 1 is 0.452 bits per heavy atom. The van der Waals surface area contributed by atoms with E-state index in [1.54, 1.807) is 127 Å². The van der Waals surface area contributed by atoms with Crippen LogP contribution < -0.4 is 37.9 Å². The van der Waals surface area contributed by atoms with Crippen LogP contribution >= 0.6 is 0 Å². The van der Waals surface area contributed by atoms with Crippen molar-refractivity contribution >= 4 is 78.7 Å². The van der Waals surface area contributed by atoms with Crippen molar-refractivity contribution in [2.75, 3.05) is 26.4 Å². The average Bonchev–Trinajstić information content (AvgIpc) is 1.03. The number of aromatic nitrogens is 2. The molecule has 0 radical (unpaired) electrons. The van der Waals surface area contributed by atoms with Gasteiger partial charge in [0.1, 0.15) is 89.0 Å². The molecule has 462 valence electrons. The molecular formula is C70H45F3N4O16. The molecule has 23 heteroatoms. The third-order valence-corrected chi connectivity index (χ3v) is 15.9. The summed E-state index contributed by atoms with van der Waals surface area (Å²) < 4.78 is 108. The summed E-state index contributed by atoms with van der Waals surface area (Å²) in [6.45, 7) is 2.62. The van der Waals surface area contributed by atoms with E-state index in [4.69, 9.17) is 47.4 Å². The molecule has 6 heterocycles. The third kappa shape index (κ3) is 10.7. The first kappa shape index (κ1) is 57.7. The summed E-state index contributed by atoms with van der Waals surface area (Å²) in [4.78, 5) is 99.9. The highest BCUT2D eigenvalue weighted by atomic mass is 19.4. The predicted molar refractivity (Wildman–Crippen MR) is 324 cm³/mol. The molecule has 15 rings (SSSR count). The number of nitrogens with zero attached hydrogens (tertiary/aromatic N) is 4. The molecular weight excluding hydrogens is 1210 g/mol. The monoisotopic (exact) mass is 1250 g/mol. The summed E-state index contributed by atoms with van der Waals surface area (Å²) in [5.74, 6) is -8.60. The molecule has 0 bridgehead atoms. The highest BCUT2D eigenvalue weighted by Crippen LogP contribution is 2.58. The van der Waals surface area contributed by atoms with Crippen LogP contribution in [0.3, 0.4) is 0 Å².